The van der Waals surface area contributed by atoms with Crippen molar-refractivity contribution in [3.05, 3.63) is 42.0 Å². The van der Waals surface area contributed by atoms with Gasteiger partial charge in [0.1, 0.15) is 0 Å². The van der Waals surface area contributed by atoms with E-state index < -0.39 is 0 Å². The molecule has 1 aromatic carbocycles. The first kappa shape index (κ1) is 21.8. The zero-order valence-corrected chi connectivity index (χ0v) is 18.9. The molecule has 1 N–H and O–H groups in total. The topological polar surface area (TPSA) is 61.4 Å². The van der Waals surface area contributed by atoms with Crippen molar-refractivity contribution >= 4 is 11.7 Å². The number of amides is 1. The number of carbonyl (C=O) groups is 1. The average Bonchev–Trinajstić information content (AvgIpc) is 2.80. The Balaban J connectivity index is 1.28. The SMILES string of the molecule is Cc1cccc(-c2ccc(N3CCCC(C(=O)NCCN4CCC(C)CC4)C3)nn2)c1. The first-order chi connectivity index (χ1) is 15.1. The molecule has 166 valence electrons. The van der Waals surface area contributed by atoms with E-state index in [2.05, 4.69) is 57.4 Å². The van der Waals surface area contributed by atoms with Crippen molar-refractivity contribution in [2.75, 3.05) is 44.2 Å². The molecular formula is C25H35N5O. The maximum Gasteiger partial charge on any atom is 0.224 e. The van der Waals surface area contributed by atoms with E-state index in [1.54, 1.807) is 0 Å². The van der Waals surface area contributed by atoms with E-state index in [1.807, 2.05) is 18.2 Å². The van der Waals surface area contributed by atoms with Crippen molar-refractivity contribution < 1.29 is 4.79 Å². The van der Waals surface area contributed by atoms with Crippen LogP contribution in [-0.4, -0.2) is 60.3 Å². The molecular weight excluding hydrogens is 386 g/mol. The van der Waals surface area contributed by atoms with E-state index in [-0.39, 0.29) is 11.8 Å². The lowest BCUT2D eigenvalue weighted by Crippen LogP contribution is -2.45. The standard InChI is InChI=1S/C25H35N5O/c1-19-10-14-29(15-11-19)16-12-26-25(31)22-7-4-13-30(18-22)24-9-8-23(27-28-24)21-6-3-5-20(2)17-21/h3,5-6,8-9,17,19,22H,4,7,10-16,18H2,1-2H3,(H,26,31). The highest BCUT2D eigenvalue weighted by Crippen LogP contribution is 2.24. The number of aryl methyl sites for hydroxylation is 1. The van der Waals surface area contributed by atoms with E-state index in [9.17, 15) is 4.79 Å². The molecule has 2 aliphatic rings. The Morgan fingerprint density at radius 3 is 2.68 bits per heavy atom. The number of anilines is 1. The van der Waals surface area contributed by atoms with E-state index in [1.165, 1.54) is 18.4 Å². The van der Waals surface area contributed by atoms with Crippen LogP contribution < -0.4 is 10.2 Å². The lowest BCUT2D eigenvalue weighted by molar-refractivity contribution is -0.125. The third-order valence-electron chi connectivity index (χ3n) is 6.68. The van der Waals surface area contributed by atoms with Gasteiger partial charge in [-0.2, -0.15) is 0 Å². The zero-order valence-electron chi connectivity index (χ0n) is 18.9. The molecule has 2 aliphatic heterocycles. The van der Waals surface area contributed by atoms with Crippen molar-refractivity contribution in [2.45, 2.75) is 39.5 Å². The molecule has 1 atom stereocenters. The van der Waals surface area contributed by atoms with Crippen LogP contribution in [0.25, 0.3) is 11.3 Å². The van der Waals surface area contributed by atoms with Crippen molar-refractivity contribution in [1.82, 2.24) is 20.4 Å². The molecule has 1 aromatic heterocycles. The minimum absolute atomic E-state index is 0.0216. The average molecular weight is 422 g/mol. The highest BCUT2D eigenvalue weighted by atomic mass is 16.1. The summed E-state index contributed by atoms with van der Waals surface area (Å²) in [6, 6.07) is 12.4. The van der Waals surface area contributed by atoms with Crippen LogP contribution in [0.3, 0.4) is 0 Å². The predicted octanol–water partition coefficient (Wildman–Crippen LogP) is 3.52. The molecule has 6 nitrogen and oxygen atoms in total. The number of nitrogens with zero attached hydrogens (tertiary/aromatic N) is 4. The maximum atomic E-state index is 12.7. The molecule has 1 amide bonds. The van der Waals surface area contributed by atoms with Gasteiger partial charge in [-0.25, -0.2) is 0 Å². The highest BCUT2D eigenvalue weighted by Gasteiger charge is 2.27. The van der Waals surface area contributed by atoms with Gasteiger partial charge in [0.15, 0.2) is 5.82 Å². The molecule has 2 aromatic rings. The largest absolute Gasteiger partial charge is 0.355 e. The van der Waals surface area contributed by atoms with E-state index >= 15 is 0 Å². The third kappa shape index (κ3) is 5.82. The van der Waals surface area contributed by atoms with Crippen molar-refractivity contribution in [2.24, 2.45) is 11.8 Å². The molecule has 0 bridgehead atoms. The predicted molar refractivity (Wildman–Crippen MR) is 125 cm³/mol. The van der Waals surface area contributed by atoms with Gasteiger partial charge >= 0.3 is 0 Å². The van der Waals surface area contributed by atoms with Gasteiger partial charge in [-0.3, -0.25) is 4.79 Å². The second-order valence-corrected chi connectivity index (χ2v) is 9.25. The molecule has 2 fully saturated rings. The Kier molecular flexibility index (Phi) is 7.17. The number of nitrogens with one attached hydrogen (secondary N) is 1. The molecule has 0 spiro atoms. The van der Waals surface area contributed by atoms with Crippen molar-refractivity contribution in [3.8, 4) is 11.3 Å². The van der Waals surface area contributed by atoms with E-state index in [4.69, 9.17) is 0 Å². The van der Waals surface area contributed by atoms with E-state index in [0.29, 0.717) is 6.54 Å². The van der Waals surface area contributed by atoms with Gasteiger partial charge in [-0.05, 0) is 69.8 Å². The third-order valence-corrected chi connectivity index (χ3v) is 6.68. The smallest absolute Gasteiger partial charge is 0.224 e. The molecule has 0 radical (unpaired) electrons. The van der Waals surface area contributed by atoms with Gasteiger partial charge in [0, 0.05) is 31.7 Å². The van der Waals surface area contributed by atoms with Crippen LogP contribution in [0.2, 0.25) is 0 Å². The summed E-state index contributed by atoms with van der Waals surface area (Å²) in [5.74, 6) is 1.90. The number of hydrogen-bond donors (Lipinski definition) is 1. The fraction of sp³-hybridized carbons (Fsp3) is 0.560. The first-order valence-electron chi connectivity index (χ1n) is 11.7. The molecule has 1 unspecified atom stereocenters. The second-order valence-electron chi connectivity index (χ2n) is 9.25. The number of piperidine rings is 2. The summed E-state index contributed by atoms with van der Waals surface area (Å²) in [4.78, 5) is 17.4. The minimum Gasteiger partial charge on any atom is -0.355 e. The Bertz CT molecular complexity index is 860. The lowest BCUT2D eigenvalue weighted by atomic mass is 9.97. The number of benzene rings is 1. The summed E-state index contributed by atoms with van der Waals surface area (Å²) < 4.78 is 0. The lowest BCUT2D eigenvalue weighted by Gasteiger charge is -2.33. The van der Waals surface area contributed by atoms with E-state index in [0.717, 1.165) is 68.6 Å². The summed E-state index contributed by atoms with van der Waals surface area (Å²) in [7, 11) is 0. The van der Waals surface area contributed by atoms with Crippen molar-refractivity contribution in [3.63, 3.8) is 0 Å². The number of carbonyl (C=O) groups excluding carboxylic acids is 1. The van der Waals surface area contributed by atoms with Crippen LogP contribution in [-0.2, 0) is 4.79 Å². The monoisotopic (exact) mass is 421 g/mol. The minimum atomic E-state index is 0.0216. The Hall–Kier alpha value is -2.47. The van der Waals surface area contributed by atoms with Crippen LogP contribution in [0.4, 0.5) is 5.82 Å². The number of rotatable bonds is 6. The summed E-state index contributed by atoms with van der Waals surface area (Å²) in [5, 5.41) is 12.1. The summed E-state index contributed by atoms with van der Waals surface area (Å²) in [6.45, 7) is 10.1. The highest BCUT2D eigenvalue weighted by molar-refractivity contribution is 5.79. The van der Waals surface area contributed by atoms with Crippen molar-refractivity contribution in [1.29, 1.82) is 0 Å². The van der Waals surface area contributed by atoms with Crippen LogP contribution >= 0.6 is 0 Å². The number of aromatic nitrogens is 2. The Morgan fingerprint density at radius 2 is 1.94 bits per heavy atom. The van der Waals surface area contributed by atoms with Gasteiger partial charge in [0.25, 0.3) is 0 Å². The molecule has 3 heterocycles. The van der Waals surface area contributed by atoms with Crippen LogP contribution in [0.1, 0.15) is 38.2 Å². The fourth-order valence-corrected chi connectivity index (χ4v) is 4.62. The summed E-state index contributed by atoms with van der Waals surface area (Å²) in [5.41, 5.74) is 3.17. The fourth-order valence-electron chi connectivity index (χ4n) is 4.62. The maximum absolute atomic E-state index is 12.7. The number of likely N-dealkylation sites (tertiary alicyclic amines) is 1. The normalized spacial score (nSPS) is 20.6. The summed E-state index contributed by atoms with van der Waals surface area (Å²) in [6.07, 6.45) is 4.49. The quantitative estimate of drug-likeness (QED) is 0.773. The van der Waals surface area contributed by atoms with Gasteiger partial charge in [0.2, 0.25) is 5.91 Å². The first-order valence-corrected chi connectivity index (χ1v) is 11.7. The second kappa shape index (κ2) is 10.2. The van der Waals surface area contributed by atoms with Gasteiger partial charge in [-0.15, -0.1) is 10.2 Å². The van der Waals surface area contributed by atoms with Crippen LogP contribution in [0.5, 0.6) is 0 Å². The molecule has 6 heteroatoms. The Morgan fingerprint density at radius 1 is 1.10 bits per heavy atom. The molecule has 0 aliphatic carbocycles. The Labute approximate surface area is 186 Å². The zero-order chi connectivity index (χ0) is 21.6. The molecule has 4 rings (SSSR count). The molecule has 2 saturated heterocycles. The number of hydrogen-bond acceptors (Lipinski definition) is 5. The van der Waals surface area contributed by atoms with Gasteiger partial charge in [-0.1, -0.05) is 30.7 Å². The van der Waals surface area contributed by atoms with Crippen LogP contribution in [0, 0.1) is 18.8 Å². The molecule has 31 heavy (non-hydrogen) atoms. The van der Waals surface area contributed by atoms with Crippen LogP contribution in [0.15, 0.2) is 36.4 Å². The molecule has 0 saturated carbocycles. The summed E-state index contributed by atoms with van der Waals surface area (Å²) >= 11 is 0. The van der Waals surface area contributed by atoms with Gasteiger partial charge < -0.3 is 15.1 Å². The van der Waals surface area contributed by atoms with Gasteiger partial charge in [0.05, 0.1) is 11.6 Å².